The van der Waals surface area contributed by atoms with E-state index in [1.165, 1.54) is 11.1 Å². The highest BCUT2D eigenvalue weighted by Gasteiger charge is 2.08. The molecule has 0 aromatic carbocycles. The maximum Gasteiger partial charge on any atom is -0.00171 e. The van der Waals surface area contributed by atoms with Gasteiger partial charge in [0.05, 0.1) is 0 Å². The summed E-state index contributed by atoms with van der Waals surface area (Å²) in [5, 5.41) is 3.17. The third-order valence-corrected chi connectivity index (χ3v) is 2.52. The highest BCUT2D eigenvalue weighted by molar-refractivity contribution is 5.29. The lowest BCUT2D eigenvalue weighted by Crippen LogP contribution is -2.07. The fraction of sp³-hybridized carbons (Fsp3) is 0.714. The van der Waals surface area contributed by atoms with Gasteiger partial charge in [-0.15, -0.1) is 0 Å². The summed E-state index contributed by atoms with van der Waals surface area (Å²) in [4.78, 5) is 0. The lowest BCUT2D eigenvalue weighted by molar-refractivity contribution is 0.627. The van der Waals surface area contributed by atoms with Crippen molar-refractivity contribution in [3.63, 3.8) is 0 Å². The van der Waals surface area contributed by atoms with Crippen molar-refractivity contribution in [3.05, 3.63) is 23.8 Å². The largest absolute Gasteiger partial charge is 0.319 e. The van der Waals surface area contributed by atoms with Gasteiger partial charge in [0.1, 0.15) is 0 Å². The van der Waals surface area contributed by atoms with Crippen LogP contribution in [-0.4, -0.2) is 13.6 Å². The van der Waals surface area contributed by atoms with Crippen LogP contribution in [0.3, 0.4) is 0 Å². The van der Waals surface area contributed by atoms with E-state index in [2.05, 4.69) is 45.7 Å². The van der Waals surface area contributed by atoms with Crippen molar-refractivity contribution in [2.45, 2.75) is 40.5 Å². The molecule has 0 fully saturated rings. The molecule has 1 heteroatoms. The fourth-order valence-electron chi connectivity index (χ4n) is 1.55. The Morgan fingerprint density at radius 1 is 1.27 bits per heavy atom. The molecule has 0 spiro atoms. The number of rotatable bonds is 7. The first-order chi connectivity index (χ1) is 6.99. The molecule has 1 nitrogen and oxygen atoms in total. The van der Waals surface area contributed by atoms with Crippen molar-refractivity contribution in [1.82, 2.24) is 5.32 Å². The molecule has 0 saturated carbocycles. The van der Waals surface area contributed by atoms with Crippen LogP contribution in [0, 0.1) is 11.8 Å². The molecule has 0 aromatic rings. The average Bonchev–Trinajstić information content (AvgIpc) is 2.14. The molecule has 0 aliphatic rings. The van der Waals surface area contributed by atoms with Gasteiger partial charge >= 0.3 is 0 Å². The van der Waals surface area contributed by atoms with Crippen molar-refractivity contribution >= 4 is 0 Å². The van der Waals surface area contributed by atoms with E-state index in [0.29, 0.717) is 11.8 Å². The molecule has 0 rings (SSSR count). The third kappa shape index (κ3) is 6.51. The average molecular weight is 209 g/mol. The third-order valence-electron chi connectivity index (χ3n) is 2.52. The summed E-state index contributed by atoms with van der Waals surface area (Å²) in [6, 6.07) is 0. The SMILES string of the molecule is C=C(/C(=C/CCNC)CC(C)C)C(C)C. The van der Waals surface area contributed by atoms with Crippen LogP contribution >= 0.6 is 0 Å². The number of nitrogens with one attached hydrogen (secondary N) is 1. The molecule has 0 aliphatic carbocycles. The first kappa shape index (κ1) is 14.4. The minimum Gasteiger partial charge on any atom is -0.319 e. The Bertz CT molecular complexity index is 211. The van der Waals surface area contributed by atoms with Gasteiger partial charge < -0.3 is 5.32 Å². The zero-order valence-corrected chi connectivity index (χ0v) is 11.1. The van der Waals surface area contributed by atoms with Crippen LogP contribution in [-0.2, 0) is 0 Å². The van der Waals surface area contributed by atoms with Gasteiger partial charge in [0, 0.05) is 0 Å². The Hall–Kier alpha value is -0.560. The minimum atomic E-state index is 0.560. The second-order valence-electron chi connectivity index (χ2n) is 4.90. The van der Waals surface area contributed by atoms with E-state index < -0.39 is 0 Å². The van der Waals surface area contributed by atoms with Crippen molar-refractivity contribution < 1.29 is 0 Å². The van der Waals surface area contributed by atoms with E-state index in [1.807, 2.05) is 7.05 Å². The normalized spacial score (nSPS) is 12.6. The molecule has 0 radical (unpaired) electrons. The molecule has 15 heavy (non-hydrogen) atoms. The van der Waals surface area contributed by atoms with E-state index in [9.17, 15) is 0 Å². The molecule has 0 aromatic heterocycles. The smallest absolute Gasteiger partial charge is 0.00171 e. The van der Waals surface area contributed by atoms with Gasteiger partial charge in [0.25, 0.3) is 0 Å². The maximum absolute atomic E-state index is 4.20. The topological polar surface area (TPSA) is 12.0 Å². The maximum atomic E-state index is 4.20. The van der Waals surface area contributed by atoms with Gasteiger partial charge in [-0.3, -0.25) is 0 Å². The second-order valence-corrected chi connectivity index (χ2v) is 4.90. The van der Waals surface area contributed by atoms with Crippen LogP contribution in [0.4, 0.5) is 0 Å². The van der Waals surface area contributed by atoms with Crippen molar-refractivity contribution in [2.75, 3.05) is 13.6 Å². The first-order valence-electron chi connectivity index (χ1n) is 6.01. The minimum absolute atomic E-state index is 0.560. The second kappa shape index (κ2) is 7.70. The van der Waals surface area contributed by atoms with E-state index in [4.69, 9.17) is 0 Å². The molecule has 0 amide bonds. The first-order valence-corrected chi connectivity index (χ1v) is 6.01. The summed E-state index contributed by atoms with van der Waals surface area (Å²) in [7, 11) is 1.99. The van der Waals surface area contributed by atoms with Crippen molar-refractivity contribution in [3.8, 4) is 0 Å². The van der Waals surface area contributed by atoms with E-state index >= 15 is 0 Å². The lowest BCUT2D eigenvalue weighted by Gasteiger charge is -2.16. The summed E-state index contributed by atoms with van der Waals surface area (Å²) in [5.41, 5.74) is 2.76. The Morgan fingerprint density at radius 2 is 1.87 bits per heavy atom. The summed E-state index contributed by atoms with van der Waals surface area (Å²) in [6.07, 6.45) is 4.60. The zero-order chi connectivity index (χ0) is 11.8. The molecule has 1 N–H and O–H groups in total. The van der Waals surface area contributed by atoms with Crippen molar-refractivity contribution in [2.24, 2.45) is 11.8 Å². The fourth-order valence-corrected chi connectivity index (χ4v) is 1.55. The monoisotopic (exact) mass is 209 g/mol. The highest BCUT2D eigenvalue weighted by Crippen LogP contribution is 2.24. The highest BCUT2D eigenvalue weighted by atomic mass is 14.8. The molecule has 0 unspecified atom stereocenters. The van der Waals surface area contributed by atoms with Gasteiger partial charge in [-0.2, -0.15) is 0 Å². The number of hydrogen-bond donors (Lipinski definition) is 1. The lowest BCUT2D eigenvalue weighted by atomic mass is 9.90. The predicted octanol–water partition coefficient (Wildman–Crippen LogP) is 3.78. The molecular weight excluding hydrogens is 182 g/mol. The zero-order valence-electron chi connectivity index (χ0n) is 11.1. The summed E-state index contributed by atoms with van der Waals surface area (Å²) < 4.78 is 0. The predicted molar refractivity (Wildman–Crippen MR) is 70.1 cm³/mol. The van der Waals surface area contributed by atoms with Crippen LogP contribution in [0.1, 0.15) is 40.5 Å². The number of allylic oxidation sites excluding steroid dienone is 2. The summed E-state index contributed by atoms with van der Waals surface area (Å²) in [5.74, 6) is 1.27. The molecule has 0 atom stereocenters. The van der Waals surface area contributed by atoms with Crippen LogP contribution in [0.25, 0.3) is 0 Å². The Kier molecular flexibility index (Phi) is 7.41. The summed E-state index contributed by atoms with van der Waals surface area (Å²) >= 11 is 0. The standard InChI is InChI=1S/C14H27N/c1-11(2)10-14(8-7-9-15-6)13(5)12(3)4/h8,11-12,15H,5,7,9-10H2,1-4,6H3/b14-8+. The van der Waals surface area contributed by atoms with Gasteiger partial charge in [-0.25, -0.2) is 0 Å². The molecular formula is C14H27N. The molecule has 88 valence electrons. The van der Waals surface area contributed by atoms with Crippen molar-refractivity contribution in [1.29, 1.82) is 0 Å². The van der Waals surface area contributed by atoms with Gasteiger partial charge in [0.15, 0.2) is 0 Å². The van der Waals surface area contributed by atoms with E-state index in [0.717, 1.165) is 19.4 Å². The van der Waals surface area contributed by atoms with E-state index in [-0.39, 0.29) is 0 Å². The molecule has 0 saturated heterocycles. The quantitative estimate of drug-likeness (QED) is 0.497. The molecule has 0 heterocycles. The number of hydrogen-bond acceptors (Lipinski definition) is 1. The van der Waals surface area contributed by atoms with Crippen LogP contribution in [0.5, 0.6) is 0 Å². The van der Waals surface area contributed by atoms with Crippen LogP contribution in [0.2, 0.25) is 0 Å². The molecule has 0 bridgehead atoms. The van der Waals surface area contributed by atoms with Gasteiger partial charge in [0.2, 0.25) is 0 Å². The Labute approximate surface area is 95.7 Å². The van der Waals surface area contributed by atoms with Gasteiger partial charge in [-0.1, -0.05) is 40.3 Å². The van der Waals surface area contributed by atoms with Crippen LogP contribution in [0.15, 0.2) is 23.8 Å². The molecule has 0 aliphatic heterocycles. The van der Waals surface area contributed by atoms with Crippen LogP contribution < -0.4 is 5.32 Å². The Balaban J connectivity index is 4.43. The Morgan fingerprint density at radius 3 is 2.27 bits per heavy atom. The van der Waals surface area contributed by atoms with E-state index in [1.54, 1.807) is 0 Å². The summed E-state index contributed by atoms with van der Waals surface area (Å²) in [6.45, 7) is 14.2. The van der Waals surface area contributed by atoms with Gasteiger partial charge in [-0.05, 0) is 49.4 Å².